The Labute approximate surface area is 65.2 Å². The Morgan fingerprint density at radius 2 is 2.22 bits per heavy atom. The van der Waals surface area contributed by atoms with Gasteiger partial charge in [-0.1, -0.05) is 30.7 Å². The first-order chi connectivity index (χ1) is 4.20. The minimum absolute atomic E-state index is 0.118. The van der Waals surface area contributed by atoms with Gasteiger partial charge in [-0.2, -0.15) is 0 Å². The van der Waals surface area contributed by atoms with Crippen molar-refractivity contribution in [2.24, 2.45) is 5.92 Å². The van der Waals surface area contributed by atoms with Gasteiger partial charge in [-0.25, -0.2) is 0 Å². The van der Waals surface area contributed by atoms with Crippen molar-refractivity contribution in [3.8, 4) is 0 Å². The van der Waals surface area contributed by atoms with Crippen molar-refractivity contribution >= 4 is 23.2 Å². The lowest BCUT2D eigenvalue weighted by molar-refractivity contribution is 0.742. The van der Waals surface area contributed by atoms with Crippen LogP contribution >= 0.6 is 23.2 Å². The summed E-state index contributed by atoms with van der Waals surface area (Å²) in [4.78, 5) is 0. The minimum atomic E-state index is 0.118. The molecule has 1 aliphatic carbocycles. The topological polar surface area (TPSA) is 0 Å². The summed E-state index contributed by atoms with van der Waals surface area (Å²) in [5.41, 5.74) is 0. The van der Waals surface area contributed by atoms with Gasteiger partial charge in [0.25, 0.3) is 0 Å². The number of rotatable bonds is 0. The van der Waals surface area contributed by atoms with Crippen molar-refractivity contribution in [3.05, 3.63) is 23.3 Å². The smallest absolute Gasteiger partial charge is 0.0580 e. The first-order valence-electron chi connectivity index (χ1n) is 2.90. The number of alkyl halides is 1. The van der Waals surface area contributed by atoms with Gasteiger partial charge in [0.1, 0.15) is 0 Å². The van der Waals surface area contributed by atoms with Gasteiger partial charge in [0.2, 0.25) is 0 Å². The van der Waals surface area contributed by atoms with Crippen LogP contribution < -0.4 is 0 Å². The van der Waals surface area contributed by atoms with E-state index in [1.807, 2.05) is 25.2 Å². The third-order valence-electron chi connectivity index (χ3n) is 1.36. The van der Waals surface area contributed by atoms with E-state index in [1.165, 1.54) is 0 Å². The standard InChI is InChI=1S/C7H8Cl2/c1-5-4-6(8)2-3-7(5)9/h2-5,7H,1H3/t5-,7?/m1/s1. The lowest BCUT2D eigenvalue weighted by Gasteiger charge is -2.13. The van der Waals surface area contributed by atoms with E-state index in [0.29, 0.717) is 5.92 Å². The maximum Gasteiger partial charge on any atom is 0.0580 e. The van der Waals surface area contributed by atoms with Crippen LogP contribution in [0.3, 0.4) is 0 Å². The van der Waals surface area contributed by atoms with Crippen LogP contribution in [0.15, 0.2) is 23.3 Å². The normalized spacial score (nSPS) is 34.3. The van der Waals surface area contributed by atoms with Gasteiger partial charge in [-0.3, -0.25) is 0 Å². The van der Waals surface area contributed by atoms with Gasteiger partial charge in [0.15, 0.2) is 0 Å². The van der Waals surface area contributed by atoms with E-state index in [0.717, 1.165) is 5.03 Å². The molecule has 0 saturated heterocycles. The average molecular weight is 163 g/mol. The molecule has 0 aromatic rings. The maximum absolute atomic E-state index is 5.84. The Hall–Kier alpha value is 0.0600. The average Bonchev–Trinajstić information content (AvgIpc) is 1.80. The van der Waals surface area contributed by atoms with Crippen LogP contribution in [0, 0.1) is 5.92 Å². The summed E-state index contributed by atoms with van der Waals surface area (Å²) in [6.07, 6.45) is 5.70. The summed E-state index contributed by atoms with van der Waals surface area (Å²) in [6.45, 7) is 2.05. The van der Waals surface area contributed by atoms with E-state index in [4.69, 9.17) is 23.2 Å². The fourth-order valence-corrected chi connectivity index (χ4v) is 1.17. The van der Waals surface area contributed by atoms with Crippen LogP contribution in [0.1, 0.15) is 6.92 Å². The van der Waals surface area contributed by atoms with Gasteiger partial charge >= 0.3 is 0 Å². The number of allylic oxidation sites excluding steroid dienone is 4. The Bertz CT molecular complexity index is 158. The summed E-state index contributed by atoms with van der Waals surface area (Å²) >= 11 is 11.5. The molecule has 0 amide bonds. The minimum Gasteiger partial charge on any atom is -0.118 e. The summed E-state index contributed by atoms with van der Waals surface area (Å²) in [5.74, 6) is 0.365. The van der Waals surface area contributed by atoms with Crippen LogP contribution in [0.5, 0.6) is 0 Å². The van der Waals surface area contributed by atoms with Gasteiger partial charge in [0, 0.05) is 5.03 Å². The molecule has 50 valence electrons. The van der Waals surface area contributed by atoms with Crippen LogP contribution in [0.25, 0.3) is 0 Å². The van der Waals surface area contributed by atoms with E-state index in [9.17, 15) is 0 Å². The zero-order valence-corrected chi connectivity index (χ0v) is 6.65. The molecule has 1 aliphatic rings. The molecule has 2 heteroatoms. The fraction of sp³-hybridized carbons (Fsp3) is 0.429. The van der Waals surface area contributed by atoms with Crippen LogP contribution in [0.2, 0.25) is 0 Å². The Kier molecular flexibility index (Phi) is 2.20. The highest BCUT2D eigenvalue weighted by molar-refractivity contribution is 6.31. The van der Waals surface area contributed by atoms with E-state index < -0.39 is 0 Å². The quantitative estimate of drug-likeness (QED) is 0.481. The van der Waals surface area contributed by atoms with Crippen LogP contribution in [0.4, 0.5) is 0 Å². The molecule has 1 rings (SSSR count). The van der Waals surface area contributed by atoms with Crippen molar-refractivity contribution in [1.82, 2.24) is 0 Å². The maximum atomic E-state index is 5.84. The van der Waals surface area contributed by atoms with Crippen molar-refractivity contribution in [1.29, 1.82) is 0 Å². The molecule has 0 radical (unpaired) electrons. The molecule has 2 atom stereocenters. The molecule has 0 saturated carbocycles. The monoisotopic (exact) mass is 162 g/mol. The molecule has 0 aliphatic heterocycles. The zero-order valence-electron chi connectivity index (χ0n) is 5.14. The third kappa shape index (κ3) is 1.74. The number of hydrogen-bond donors (Lipinski definition) is 0. The van der Waals surface area contributed by atoms with Gasteiger partial charge in [0.05, 0.1) is 5.38 Å². The number of halogens is 2. The molecule has 9 heavy (non-hydrogen) atoms. The van der Waals surface area contributed by atoms with Crippen molar-refractivity contribution < 1.29 is 0 Å². The van der Waals surface area contributed by atoms with Crippen molar-refractivity contribution in [2.45, 2.75) is 12.3 Å². The summed E-state index contributed by atoms with van der Waals surface area (Å²) in [7, 11) is 0. The van der Waals surface area contributed by atoms with E-state index in [1.54, 1.807) is 0 Å². The SMILES string of the molecule is C[C@@H]1C=C(Cl)C=CC1Cl. The Morgan fingerprint density at radius 1 is 1.56 bits per heavy atom. The second-order valence-corrected chi connectivity index (χ2v) is 3.15. The van der Waals surface area contributed by atoms with Gasteiger partial charge in [-0.15, -0.1) is 11.6 Å². The van der Waals surface area contributed by atoms with Gasteiger partial charge < -0.3 is 0 Å². The highest BCUT2D eigenvalue weighted by atomic mass is 35.5. The Balaban J connectivity index is 2.70. The summed E-state index contributed by atoms with van der Waals surface area (Å²) in [6, 6.07) is 0. The first-order valence-corrected chi connectivity index (χ1v) is 3.71. The summed E-state index contributed by atoms with van der Waals surface area (Å²) < 4.78 is 0. The first kappa shape index (κ1) is 7.17. The largest absolute Gasteiger partial charge is 0.118 e. The second kappa shape index (κ2) is 2.76. The zero-order chi connectivity index (χ0) is 6.85. The molecule has 0 nitrogen and oxygen atoms in total. The van der Waals surface area contributed by atoms with E-state index in [-0.39, 0.29) is 5.38 Å². The lowest BCUT2D eigenvalue weighted by atomic mass is 10.0. The Morgan fingerprint density at radius 3 is 2.67 bits per heavy atom. The van der Waals surface area contributed by atoms with Gasteiger partial charge in [-0.05, 0) is 12.0 Å². The predicted octanol–water partition coefficient (Wildman–Crippen LogP) is 2.92. The molecule has 0 N–H and O–H groups in total. The molecule has 0 aromatic carbocycles. The molecule has 0 fully saturated rings. The van der Waals surface area contributed by atoms with E-state index >= 15 is 0 Å². The molecular weight excluding hydrogens is 155 g/mol. The highest BCUT2D eigenvalue weighted by Crippen LogP contribution is 2.22. The molecular formula is C7H8Cl2. The van der Waals surface area contributed by atoms with Crippen molar-refractivity contribution in [3.63, 3.8) is 0 Å². The summed E-state index contributed by atoms with van der Waals surface area (Å²) in [5, 5.41) is 0.909. The second-order valence-electron chi connectivity index (χ2n) is 2.21. The molecule has 0 spiro atoms. The molecule has 1 unspecified atom stereocenters. The lowest BCUT2D eigenvalue weighted by Crippen LogP contribution is -2.08. The molecule has 0 aromatic heterocycles. The fourth-order valence-electron chi connectivity index (χ4n) is 0.758. The molecule has 0 heterocycles. The van der Waals surface area contributed by atoms with Crippen molar-refractivity contribution in [2.75, 3.05) is 0 Å². The van der Waals surface area contributed by atoms with Crippen LogP contribution in [-0.2, 0) is 0 Å². The predicted molar refractivity (Wildman–Crippen MR) is 41.9 cm³/mol. The van der Waals surface area contributed by atoms with E-state index in [2.05, 4.69) is 0 Å². The third-order valence-corrected chi connectivity index (χ3v) is 2.16. The number of hydrogen-bond acceptors (Lipinski definition) is 0. The molecule has 0 bridgehead atoms. The van der Waals surface area contributed by atoms with Crippen LogP contribution in [-0.4, -0.2) is 5.38 Å². The highest BCUT2D eigenvalue weighted by Gasteiger charge is 2.11.